The van der Waals surface area contributed by atoms with Crippen molar-refractivity contribution in [3.8, 4) is 0 Å². The standard InChI is InChI=1S/C17H25N5O/c1-12-9-13(2)21-16-14(12)15(19-11-20-16)18-10-17(22(3)4)5-7-23-8-6-17/h9,11H,5-8,10H2,1-4H3,(H,18,19,20,21). The van der Waals surface area contributed by atoms with E-state index in [1.165, 1.54) is 0 Å². The zero-order valence-corrected chi connectivity index (χ0v) is 14.4. The summed E-state index contributed by atoms with van der Waals surface area (Å²) in [6.45, 7) is 6.53. The monoisotopic (exact) mass is 315 g/mol. The Morgan fingerprint density at radius 1 is 1.22 bits per heavy atom. The number of pyridine rings is 1. The van der Waals surface area contributed by atoms with E-state index in [4.69, 9.17) is 4.74 Å². The molecule has 1 aliphatic heterocycles. The van der Waals surface area contributed by atoms with Crippen LogP contribution in [0.2, 0.25) is 0 Å². The Hall–Kier alpha value is -1.79. The highest BCUT2D eigenvalue weighted by Crippen LogP contribution is 2.28. The first-order valence-corrected chi connectivity index (χ1v) is 8.10. The fourth-order valence-corrected chi connectivity index (χ4v) is 3.32. The van der Waals surface area contributed by atoms with Gasteiger partial charge in [0, 0.05) is 31.0 Å². The van der Waals surface area contributed by atoms with Gasteiger partial charge in [0.25, 0.3) is 0 Å². The number of likely N-dealkylation sites (N-methyl/N-ethyl adjacent to an activating group) is 1. The molecule has 1 N–H and O–H groups in total. The van der Waals surface area contributed by atoms with Crippen LogP contribution in [0, 0.1) is 13.8 Å². The van der Waals surface area contributed by atoms with Crippen molar-refractivity contribution in [3.05, 3.63) is 23.7 Å². The summed E-state index contributed by atoms with van der Waals surface area (Å²) in [4.78, 5) is 15.6. The number of aryl methyl sites for hydroxylation is 2. The van der Waals surface area contributed by atoms with E-state index in [1.807, 2.05) is 6.92 Å². The van der Waals surface area contributed by atoms with Crippen LogP contribution in [0.3, 0.4) is 0 Å². The Balaban J connectivity index is 1.89. The number of nitrogens with zero attached hydrogens (tertiary/aromatic N) is 4. The van der Waals surface area contributed by atoms with Gasteiger partial charge in [0.2, 0.25) is 0 Å². The molecule has 0 unspecified atom stereocenters. The molecule has 1 fully saturated rings. The smallest absolute Gasteiger partial charge is 0.165 e. The van der Waals surface area contributed by atoms with Gasteiger partial charge in [0.1, 0.15) is 12.1 Å². The first-order chi connectivity index (χ1) is 11.0. The maximum Gasteiger partial charge on any atom is 0.165 e. The van der Waals surface area contributed by atoms with Crippen LogP contribution in [0.15, 0.2) is 12.4 Å². The topological polar surface area (TPSA) is 63.2 Å². The summed E-state index contributed by atoms with van der Waals surface area (Å²) in [5.41, 5.74) is 2.99. The van der Waals surface area contributed by atoms with E-state index in [0.717, 1.165) is 60.7 Å². The lowest BCUT2D eigenvalue weighted by Crippen LogP contribution is -2.53. The van der Waals surface area contributed by atoms with Crippen LogP contribution in [0.5, 0.6) is 0 Å². The molecular weight excluding hydrogens is 290 g/mol. The summed E-state index contributed by atoms with van der Waals surface area (Å²) >= 11 is 0. The van der Waals surface area contributed by atoms with Crippen LogP contribution in [-0.2, 0) is 4.74 Å². The van der Waals surface area contributed by atoms with E-state index < -0.39 is 0 Å². The Morgan fingerprint density at radius 2 is 1.96 bits per heavy atom. The molecule has 0 saturated carbocycles. The Bertz CT molecular complexity index is 695. The molecule has 6 heteroatoms. The summed E-state index contributed by atoms with van der Waals surface area (Å²) in [6, 6.07) is 2.08. The molecule has 124 valence electrons. The summed E-state index contributed by atoms with van der Waals surface area (Å²) in [5.74, 6) is 0.868. The molecule has 1 aliphatic rings. The molecule has 23 heavy (non-hydrogen) atoms. The van der Waals surface area contributed by atoms with Crippen LogP contribution in [0.4, 0.5) is 5.82 Å². The second kappa shape index (κ2) is 6.37. The largest absolute Gasteiger partial charge is 0.381 e. The van der Waals surface area contributed by atoms with Gasteiger partial charge in [-0.3, -0.25) is 0 Å². The average Bonchev–Trinajstić information content (AvgIpc) is 2.53. The van der Waals surface area contributed by atoms with Crippen molar-refractivity contribution in [1.29, 1.82) is 0 Å². The first-order valence-electron chi connectivity index (χ1n) is 8.10. The number of hydrogen-bond acceptors (Lipinski definition) is 6. The molecule has 0 aliphatic carbocycles. The number of anilines is 1. The predicted octanol–water partition coefficient (Wildman–Crippen LogP) is 2.16. The van der Waals surface area contributed by atoms with Gasteiger partial charge in [-0.05, 0) is 52.4 Å². The second-order valence-corrected chi connectivity index (χ2v) is 6.59. The van der Waals surface area contributed by atoms with Gasteiger partial charge in [0.15, 0.2) is 5.65 Å². The predicted molar refractivity (Wildman–Crippen MR) is 91.8 cm³/mol. The minimum atomic E-state index is 0.0988. The minimum absolute atomic E-state index is 0.0988. The lowest BCUT2D eigenvalue weighted by Gasteiger charge is -2.43. The molecule has 0 atom stereocenters. The number of fused-ring (bicyclic) bond motifs is 1. The quantitative estimate of drug-likeness (QED) is 0.933. The van der Waals surface area contributed by atoms with Gasteiger partial charge in [-0.2, -0.15) is 0 Å². The van der Waals surface area contributed by atoms with E-state index >= 15 is 0 Å². The van der Waals surface area contributed by atoms with Crippen LogP contribution in [0.25, 0.3) is 11.0 Å². The van der Waals surface area contributed by atoms with Crippen molar-refractivity contribution in [2.45, 2.75) is 32.2 Å². The Labute approximate surface area is 137 Å². The molecule has 3 rings (SSSR count). The fraction of sp³-hybridized carbons (Fsp3) is 0.588. The van der Waals surface area contributed by atoms with Crippen molar-refractivity contribution in [1.82, 2.24) is 19.9 Å². The number of nitrogens with one attached hydrogen (secondary N) is 1. The molecule has 6 nitrogen and oxygen atoms in total. The second-order valence-electron chi connectivity index (χ2n) is 6.59. The fourth-order valence-electron chi connectivity index (χ4n) is 3.32. The van der Waals surface area contributed by atoms with E-state index in [0.29, 0.717) is 0 Å². The van der Waals surface area contributed by atoms with Crippen LogP contribution >= 0.6 is 0 Å². The lowest BCUT2D eigenvalue weighted by atomic mass is 9.88. The van der Waals surface area contributed by atoms with Gasteiger partial charge < -0.3 is 15.0 Å². The first kappa shape index (κ1) is 16.1. The zero-order valence-electron chi connectivity index (χ0n) is 14.4. The van der Waals surface area contributed by atoms with Crippen molar-refractivity contribution < 1.29 is 4.74 Å². The van der Waals surface area contributed by atoms with Crippen molar-refractivity contribution in [3.63, 3.8) is 0 Å². The summed E-state index contributed by atoms with van der Waals surface area (Å²) in [7, 11) is 4.28. The SMILES string of the molecule is Cc1cc(C)c2c(NCC3(N(C)C)CCOCC3)ncnc2n1. The highest BCUT2D eigenvalue weighted by Gasteiger charge is 2.34. The van der Waals surface area contributed by atoms with E-state index in [9.17, 15) is 0 Å². The van der Waals surface area contributed by atoms with E-state index in [-0.39, 0.29) is 5.54 Å². The molecule has 0 bridgehead atoms. The molecule has 1 saturated heterocycles. The van der Waals surface area contributed by atoms with Gasteiger partial charge in [-0.15, -0.1) is 0 Å². The highest BCUT2D eigenvalue weighted by molar-refractivity contribution is 5.89. The lowest BCUT2D eigenvalue weighted by molar-refractivity contribution is -0.000651. The third-order valence-corrected chi connectivity index (χ3v) is 4.89. The number of hydrogen-bond donors (Lipinski definition) is 1. The molecule has 2 aromatic rings. The molecule has 0 amide bonds. The summed E-state index contributed by atoms with van der Waals surface area (Å²) in [6.07, 6.45) is 3.63. The maximum absolute atomic E-state index is 5.54. The third-order valence-electron chi connectivity index (χ3n) is 4.89. The van der Waals surface area contributed by atoms with Gasteiger partial charge in [-0.1, -0.05) is 0 Å². The van der Waals surface area contributed by atoms with Crippen LogP contribution < -0.4 is 5.32 Å². The van der Waals surface area contributed by atoms with E-state index in [1.54, 1.807) is 6.33 Å². The van der Waals surface area contributed by atoms with E-state index in [2.05, 4.69) is 52.3 Å². The molecule has 0 aromatic carbocycles. The Kier molecular flexibility index (Phi) is 4.46. The highest BCUT2D eigenvalue weighted by atomic mass is 16.5. The van der Waals surface area contributed by atoms with Crippen LogP contribution in [-0.4, -0.2) is 59.2 Å². The number of rotatable bonds is 4. The normalized spacial score (nSPS) is 17.6. The van der Waals surface area contributed by atoms with Crippen molar-refractivity contribution >= 4 is 16.9 Å². The van der Waals surface area contributed by atoms with Crippen molar-refractivity contribution in [2.24, 2.45) is 0 Å². The molecule has 2 aromatic heterocycles. The zero-order chi connectivity index (χ0) is 16.4. The molecule has 0 radical (unpaired) electrons. The molecule has 0 spiro atoms. The van der Waals surface area contributed by atoms with Crippen molar-refractivity contribution in [2.75, 3.05) is 39.2 Å². The summed E-state index contributed by atoms with van der Waals surface area (Å²) in [5, 5.41) is 4.56. The average molecular weight is 315 g/mol. The van der Waals surface area contributed by atoms with Gasteiger partial charge >= 0.3 is 0 Å². The van der Waals surface area contributed by atoms with Gasteiger partial charge in [0.05, 0.1) is 5.39 Å². The number of aromatic nitrogens is 3. The Morgan fingerprint density at radius 3 is 2.65 bits per heavy atom. The van der Waals surface area contributed by atoms with Crippen LogP contribution in [0.1, 0.15) is 24.1 Å². The summed E-state index contributed by atoms with van der Waals surface area (Å²) < 4.78 is 5.54. The number of ether oxygens (including phenoxy) is 1. The maximum atomic E-state index is 5.54. The third kappa shape index (κ3) is 3.14. The minimum Gasteiger partial charge on any atom is -0.381 e. The van der Waals surface area contributed by atoms with Gasteiger partial charge in [-0.25, -0.2) is 15.0 Å². The molecular formula is C17H25N5O. The molecule has 3 heterocycles.